The quantitative estimate of drug-likeness (QED) is 0.277. The number of nitro groups is 1. The van der Waals surface area contributed by atoms with Crippen LogP contribution in [0.3, 0.4) is 0 Å². The van der Waals surface area contributed by atoms with E-state index in [0.29, 0.717) is 17.4 Å². The van der Waals surface area contributed by atoms with Crippen molar-refractivity contribution in [2.45, 2.75) is 6.42 Å². The average Bonchev–Trinajstić information content (AvgIpc) is 3.39. The lowest BCUT2D eigenvalue weighted by Gasteiger charge is -2.37. The Balaban J connectivity index is 1.39. The molecular weight excluding hydrogens is 322 g/mol. The summed E-state index contributed by atoms with van der Waals surface area (Å²) in [6, 6.07) is 5.82. The number of benzene rings is 1. The van der Waals surface area contributed by atoms with Crippen molar-refractivity contribution in [2.24, 2.45) is 40.6 Å². The van der Waals surface area contributed by atoms with E-state index in [-0.39, 0.29) is 41.2 Å². The van der Waals surface area contributed by atoms with E-state index in [1.807, 2.05) is 0 Å². The fraction of sp³-hybridized carbons (Fsp3) is 0.389. The van der Waals surface area contributed by atoms with E-state index in [1.54, 1.807) is 12.1 Å². The lowest BCUT2D eigenvalue weighted by atomic mass is 9.63. The monoisotopic (exact) mass is 337 g/mol. The minimum Gasteiger partial charge on any atom is -0.272 e. The van der Waals surface area contributed by atoms with Gasteiger partial charge < -0.3 is 0 Å². The maximum Gasteiger partial charge on any atom is 0.269 e. The topological polar surface area (TPSA) is 92.9 Å². The highest BCUT2D eigenvalue weighted by molar-refractivity contribution is 6.06. The van der Waals surface area contributed by atoms with E-state index >= 15 is 0 Å². The Labute approximate surface area is 143 Å². The molecule has 2 saturated carbocycles. The molecule has 0 aromatic heterocycles. The van der Waals surface area contributed by atoms with Gasteiger partial charge in [0.2, 0.25) is 0 Å². The Morgan fingerprint density at radius 3 is 2.12 bits per heavy atom. The first-order chi connectivity index (χ1) is 12.1. The van der Waals surface area contributed by atoms with Crippen molar-refractivity contribution in [3.8, 4) is 0 Å². The third-order valence-corrected chi connectivity index (χ3v) is 6.07. The van der Waals surface area contributed by atoms with Crippen molar-refractivity contribution in [2.75, 3.05) is 0 Å². The molecule has 0 unspecified atom stereocenters. The second kappa shape index (κ2) is 4.84. The third kappa shape index (κ3) is 1.95. The lowest BCUT2D eigenvalue weighted by Crippen LogP contribution is -2.40. The van der Waals surface area contributed by atoms with Gasteiger partial charge in [0.05, 0.1) is 23.0 Å². The number of nitrogens with zero attached hydrogens (tertiary/aromatic N) is 3. The molecule has 0 radical (unpaired) electrons. The largest absolute Gasteiger partial charge is 0.272 e. The van der Waals surface area contributed by atoms with Crippen LogP contribution in [0.2, 0.25) is 0 Å². The van der Waals surface area contributed by atoms with Crippen LogP contribution < -0.4 is 0 Å². The molecule has 6 rings (SSSR count). The lowest BCUT2D eigenvalue weighted by molar-refractivity contribution is -0.384. The zero-order valence-electron chi connectivity index (χ0n) is 13.2. The van der Waals surface area contributed by atoms with Crippen LogP contribution in [0.1, 0.15) is 12.0 Å². The van der Waals surface area contributed by atoms with E-state index in [4.69, 9.17) is 0 Å². The van der Waals surface area contributed by atoms with Gasteiger partial charge in [-0.3, -0.25) is 19.7 Å². The van der Waals surface area contributed by atoms with Crippen molar-refractivity contribution in [3.63, 3.8) is 0 Å². The first-order valence-electron chi connectivity index (χ1n) is 8.41. The van der Waals surface area contributed by atoms with Crippen molar-refractivity contribution in [3.05, 3.63) is 52.1 Å². The molecule has 1 heterocycles. The minimum atomic E-state index is -0.479. The van der Waals surface area contributed by atoms with E-state index in [0.717, 1.165) is 11.4 Å². The summed E-state index contributed by atoms with van der Waals surface area (Å²) in [6.45, 7) is 0. The highest BCUT2D eigenvalue weighted by Gasteiger charge is 2.67. The SMILES string of the molecule is O=C1[C@@H]2[C@@H]3C=C[C@H]([C@H]4C[C@@H]34)[C@@H]2C(=O)N1/N=C\c1ccc([N+](=O)[O-])cc1. The van der Waals surface area contributed by atoms with Crippen molar-refractivity contribution in [1.29, 1.82) is 0 Å². The summed E-state index contributed by atoms with van der Waals surface area (Å²) in [6.07, 6.45) is 6.78. The number of rotatable bonds is 3. The second-order valence-electron chi connectivity index (χ2n) is 7.24. The third-order valence-electron chi connectivity index (χ3n) is 6.07. The number of hydrogen-bond donors (Lipinski definition) is 0. The van der Waals surface area contributed by atoms with E-state index in [1.165, 1.54) is 18.3 Å². The molecule has 0 N–H and O–H groups in total. The van der Waals surface area contributed by atoms with Crippen LogP contribution in [0.4, 0.5) is 5.69 Å². The molecule has 4 aliphatic carbocycles. The summed E-state index contributed by atoms with van der Waals surface area (Å²) in [5, 5.41) is 15.8. The fourth-order valence-corrected chi connectivity index (χ4v) is 4.86. The van der Waals surface area contributed by atoms with Crippen LogP contribution >= 0.6 is 0 Å². The van der Waals surface area contributed by atoms with Crippen LogP contribution in [0, 0.1) is 45.6 Å². The molecule has 0 spiro atoms. The van der Waals surface area contributed by atoms with Crippen LogP contribution in [-0.4, -0.2) is 28.0 Å². The predicted molar refractivity (Wildman–Crippen MR) is 87.2 cm³/mol. The van der Waals surface area contributed by atoms with E-state index < -0.39 is 4.92 Å². The van der Waals surface area contributed by atoms with Gasteiger partial charge in [-0.25, -0.2) is 0 Å². The molecule has 2 amide bonds. The number of hydrazone groups is 1. The normalized spacial score (nSPS) is 37.5. The number of allylic oxidation sites excluding steroid dienone is 2. The van der Waals surface area contributed by atoms with Crippen LogP contribution in [0.25, 0.3) is 0 Å². The van der Waals surface area contributed by atoms with E-state index in [2.05, 4.69) is 17.3 Å². The first kappa shape index (κ1) is 14.5. The standard InChI is InChI=1S/C18H15N3O4/c22-17-15-11-5-6-12(14-7-13(11)14)16(15)18(23)20(17)19-8-9-1-3-10(4-2-9)21(24)25/h1-6,8,11-16H,7H2/b19-8-/t11-,12-,13-,14+,15+,16-/m1/s1. The molecule has 126 valence electrons. The molecular formula is C18H15N3O4. The molecule has 7 nitrogen and oxygen atoms in total. The van der Waals surface area contributed by atoms with Gasteiger partial charge in [-0.15, -0.1) is 0 Å². The molecule has 2 bridgehead atoms. The second-order valence-corrected chi connectivity index (χ2v) is 7.24. The number of amides is 2. The van der Waals surface area contributed by atoms with Gasteiger partial charge in [0.25, 0.3) is 17.5 Å². The Morgan fingerprint density at radius 2 is 1.60 bits per heavy atom. The minimum absolute atomic E-state index is 0.0154. The summed E-state index contributed by atoms with van der Waals surface area (Å²) < 4.78 is 0. The van der Waals surface area contributed by atoms with Gasteiger partial charge in [-0.1, -0.05) is 12.2 Å². The molecule has 25 heavy (non-hydrogen) atoms. The van der Waals surface area contributed by atoms with Crippen molar-refractivity contribution >= 4 is 23.7 Å². The molecule has 6 atom stereocenters. The molecule has 1 aromatic carbocycles. The zero-order chi connectivity index (χ0) is 17.3. The van der Waals surface area contributed by atoms with Gasteiger partial charge in [0, 0.05) is 12.1 Å². The summed E-state index contributed by atoms with van der Waals surface area (Å²) in [4.78, 5) is 35.7. The smallest absolute Gasteiger partial charge is 0.269 e. The Kier molecular flexibility index (Phi) is 2.81. The molecule has 1 aromatic rings. The van der Waals surface area contributed by atoms with Gasteiger partial charge in [0.15, 0.2) is 0 Å². The maximum absolute atomic E-state index is 12.7. The average molecular weight is 337 g/mol. The van der Waals surface area contributed by atoms with Crippen molar-refractivity contribution < 1.29 is 14.5 Å². The number of non-ortho nitro benzene ring substituents is 1. The number of hydrogen-bond acceptors (Lipinski definition) is 5. The number of nitro benzene ring substituents is 1. The summed E-state index contributed by atoms with van der Waals surface area (Å²) in [5.41, 5.74) is 0.586. The molecule has 1 saturated heterocycles. The predicted octanol–water partition coefficient (Wildman–Crippen LogP) is 1.98. The summed E-state index contributed by atoms with van der Waals surface area (Å²) >= 11 is 0. The van der Waals surface area contributed by atoms with Gasteiger partial charge in [0.1, 0.15) is 0 Å². The highest BCUT2D eigenvalue weighted by Crippen LogP contribution is 2.65. The number of imide groups is 1. The Bertz CT molecular complexity index is 824. The molecule has 7 heteroatoms. The first-order valence-corrected chi connectivity index (χ1v) is 8.41. The van der Waals surface area contributed by atoms with E-state index in [9.17, 15) is 19.7 Å². The van der Waals surface area contributed by atoms with Crippen molar-refractivity contribution in [1.82, 2.24) is 5.01 Å². The highest BCUT2D eigenvalue weighted by atomic mass is 16.6. The van der Waals surface area contributed by atoms with Crippen LogP contribution in [0.15, 0.2) is 41.5 Å². The zero-order valence-corrected chi connectivity index (χ0v) is 13.2. The summed E-state index contributed by atoms with van der Waals surface area (Å²) in [5.74, 6) is 0.529. The summed E-state index contributed by atoms with van der Waals surface area (Å²) in [7, 11) is 0. The molecule has 5 aliphatic rings. The van der Waals surface area contributed by atoms with Gasteiger partial charge in [-0.05, 0) is 47.8 Å². The van der Waals surface area contributed by atoms with Gasteiger partial charge >= 0.3 is 0 Å². The fourth-order valence-electron chi connectivity index (χ4n) is 4.86. The maximum atomic E-state index is 12.7. The van der Waals surface area contributed by atoms with Crippen LogP contribution in [-0.2, 0) is 9.59 Å². The number of carbonyl (C=O) groups is 2. The number of carbonyl (C=O) groups excluding carboxylic acids is 2. The Morgan fingerprint density at radius 1 is 1.04 bits per heavy atom. The molecule has 3 fully saturated rings. The van der Waals surface area contributed by atoms with Crippen LogP contribution in [0.5, 0.6) is 0 Å². The molecule has 1 aliphatic heterocycles. The van der Waals surface area contributed by atoms with Gasteiger partial charge in [-0.2, -0.15) is 10.1 Å². The Hall–Kier alpha value is -2.83.